The molecule has 1 aromatic carbocycles. The van der Waals surface area contributed by atoms with Gasteiger partial charge in [-0.15, -0.1) is 0 Å². The number of rotatable bonds is 5. The second-order valence-corrected chi connectivity index (χ2v) is 5.52. The van der Waals surface area contributed by atoms with E-state index in [9.17, 15) is 0 Å². The van der Waals surface area contributed by atoms with Gasteiger partial charge in [0.2, 0.25) is 0 Å². The lowest BCUT2D eigenvalue weighted by atomic mass is 9.76. The van der Waals surface area contributed by atoms with Crippen molar-refractivity contribution in [2.45, 2.75) is 57.2 Å². The summed E-state index contributed by atoms with van der Waals surface area (Å²) in [5, 5.41) is 7.23. The number of hydrogen-bond acceptors (Lipinski definition) is 2. The van der Waals surface area contributed by atoms with Crippen LogP contribution in [0.3, 0.4) is 0 Å². The second kappa shape index (κ2) is 6.39. The first kappa shape index (κ1) is 13.6. The molecule has 0 amide bonds. The molecule has 1 aliphatic rings. The standard InChI is InChI=1S/C15H25BN2/c1-2-15(18-16)10-8-14(9-11-15)17-12-13-6-4-3-5-7-13/h3-7,14,17-18H,2,8-12,16H2,1H3/t14-,15-. The van der Waals surface area contributed by atoms with Crippen LogP contribution in [-0.4, -0.2) is 19.6 Å². The summed E-state index contributed by atoms with van der Waals surface area (Å²) in [7, 11) is 2.11. The van der Waals surface area contributed by atoms with Gasteiger partial charge >= 0.3 is 0 Å². The average Bonchev–Trinajstić information content (AvgIpc) is 2.47. The molecular weight excluding hydrogens is 219 g/mol. The summed E-state index contributed by atoms with van der Waals surface area (Å²) in [6.07, 6.45) is 6.43. The summed E-state index contributed by atoms with van der Waals surface area (Å²) in [6, 6.07) is 11.4. The monoisotopic (exact) mass is 244 g/mol. The van der Waals surface area contributed by atoms with E-state index in [1.165, 1.54) is 37.7 Å². The van der Waals surface area contributed by atoms with Crippen molar-refractivity contribution in [3.8, 4) is 0 Å². The molecule has 3 heteroatoms. The van der Waals surface area contributed by atoms with Crippen LogP contribution < -0.4 is 10.5 Å². The molecule has 0 aromatic heterocycles. The van der Waals surface area contributed by atoms with Crippen molar-refractivity contribution in [2.24, 2.45) is 0 Å². The van der Waals surface area contributed by atoms with Gasteiger partial charge in [0.25, 0.3) is 0 Å². The van der Waals surface area contributed by atoms with Crippen molar-refractivity contribution in [1.29, 1.82) is 0 Å². The highest BCUT2D eigenvalue weighted by Gasteiger charge is 2.31. The molecule has 1 aliphatic carbocycles. The van der Waals surface area contributed by atoms with Crippen LogP contribution >= 0.6 is 0 Å². The van der Waals surface area contributed by atoms with Gasteiger partial charge < -0.3 is 10.5 Å². The third-order valence-electron chi connectivity index (χ3n) is 4.59. The topological polar surface area (TPSA) is 24.1 Å². The molecule has 2 rings (SSSR count). The Morgan fingerprint density at radius 3 is 2.44 bits per heavy atom. The Labute approximate surface area is 112 Å². The summed E-state index contributed by atoms with van der Waals surface area (Å²) in [6.45, 7) is 3.30. The predicted molar refractivity (Wildman–Crippen MR) is 80.2 cm³/mol. The minimum atomic E-state index is 0.408. The molecule has 1 aromatic rings. The molecule has 0 bridgehead atoms. The highest BCUT2D eigenvalue weighted by molar-refractivity contribution is 6.04. The maximum absolute atomic E-state index is 3.70. The van der Waals surface area contributed by atoms with Crippen molar-refractivity contribution in [2.75, 3.05) is 0 Å². The minimum Gasteiger partial charge on any atom is -0.357 e. The van der Waals surface area contributed by atoms with E-state index in [2.05, 4.69) is 55.8 Å². The van der Waals surface area contributed by atoms with Gasteiger partial charge in [-0.05, 0) is 37.7 Å². The van der Waals surface area contributed by atoms with Gasteiger partial charge in [0, 0.05) is 18.1 Å². The van der Waals surface area contributed by atoms with Crippen molar-refractivity contribution in [3.05, 3.63) is 35.9 Å². The Morgan fingerprint density at radius 1 is 1.22 bits per heavy atom. The fourth-order valence-corrected chi connectivity index (χ4v) is 3.01. The molecule has 0 aliphatic heterocycles. The van der Waals surface area contributed by atoms with E-state index in [0.29, 0.717) is 11.6 Å². The largest absolute Gasteiger partial charge is 0.357 e. The zero-order valence-corrected chi connectivity index (χ0v) is 11.7. The summed E-state index contributed by atoms with van der Waals surface area (Å²) < 4.78 is 0. The Hall–Kier alpha value is -0.795. The molecule has 18 heavy (non-hydrogen) atoms. The lowest BCUT2D eigenvalue weighted by Gasteiger charge is -2.40. The Kier molecular flexibility index (Phi) is 4.84. The summed E-state index contributed by atoms with van der Waals surface area (Å²) in [5.41, 5.74) is 1.80. The second-order valence-electron chi connectivity index (χ2n) is 5.52. The Bertz CT molecular complexity index is 339. The first-order valence-electron chi connectivity index (χ1n) is 7.24. The first-order chi connectivity index (χ1) is 8.78. The zero-order chi connectivity index (χ0) is 12.8. The minimum absolute atomic E-state index is 0.408. The van der Waals surface area contributed by atoms with E-state index in [0.717, 1.165) is 6.54 Å². The van der Waals surface area contributed by atoms with E-state index in [-0.39, 0.29) is 0 Å². The smallest absolute Gasteiger partial charge is 0.182 e. The molecule has 0 unspecified atom stereocenters. The van der Waals surface area contributed by atoms with Crippen LogP contribution in [0.5, 0.6) is 0 Å². The third-order valence-corrected chi connectivity index (χ3v) is 4.59. The average molecular weight is 244 g/mol. The molecule has 1 saturated carbocycles. The van der Waals surface area contributed by atoms with Crippen molar-refractivity contribution in [3.63, 3.8) is 0 Å². The quantitative estimate of drug-likeness (QED) is 0.774. The van der Waals surface area contributed by atoms with E-state index < -0.39 is 0 Å². The Morgan fingerprint density at radius 2 is 1.89 bits per heavy atom. The van der Waals surface area contributed by atoms with E-state index in [1.807, 2.05) is 0 Å². The molecule has 0 radical (unpaired) electrons. The van der Waals surface area contributed by atoms with Gasteiger partial charge in [-0.25, -0.2) is 0 Å². The van der Waals surface area contributed by atoms with Crippen LogP contribution in [-0.2, 0) is 6.54 Å². The normalized spacial score (nSPS) is 28.2. The van der Waals surface area contributed by atoms with Gasteiger partial charge in [0.15, 0.2) is 7.98 Å². The lowest BCUT2D eigenvalue weighted by Crippen LogP contribution is -2.49. The molecule has 0 saturated heterocycles. The molecule has 0 atom stereocenters. The van der Waals surface area contributed by atoms with Gasteiger partial charge in [0.05, 0.1) is 0 Å². The van der Waals surface area contributed by atoms with Gasteiger partial charge in [-0.2, -0.15) is 0 Å². The van der Waals surface area contributed by atoms with Crippen molar-refractivity contribution in [1.82, 2.24) is 10.5 Å². The summed E-state index contributed by atoms with van der Waals surface area (Å²) in [4.78, 5) is 0. The lowest BCUT2D eigenvalue weighted by molar-refractivity contribution is 0.224. The van der Waals surface area contributed by atoms with Crippen LogP contribution in [0.4, 0.5) is 0 Å². The number of hydrogen-bond donors (Lipinski definition) is 2. The maximum atomic E-state index is 3.70. The molecule has 0 spiro atoms. The molecule has 1 fully saturated rings. The maximum Gasteiger partial charge on any atom is 0.182 e. The number of benzene rings is 1. The van der Waals surface area contributed by atoms with Crippen LogP contribution in [0, 0.1) is 0 Å². The fourth-order valence-electron chi connectivity index (χ4n) is 3.01. The fraction of sp³-hybridized carbons (Fsp3) is 0.600. The van der Waals surface area contributed by atoms with Crippen molar-refractivity contribution < 1.29 is 0 Å². The van der Waals surface area contributed by atoms with Crippen molar-refractivity contribution >= 4 is 7.98 Å². The summed E-state index contributed by atoms with van der Waals surface area (Å²) >= 11 is 0. The Balaban J connectivity index is 1.77. The van der Waals surface area contributed by atoms with Crippen LogP contribution in [0.1, 0.15) is 44.6 Å². The first-order valence-corrected chi connectivity index (χ1v) is 7.24. The molecule has 98 valence electrons. The SMILES string of the molecule is BN[C@]1(CC)CC[C@@H](NCc2ccccc2)CC1. The molecule has 2 N–H and O–H groups in total. The van der Waals surface area contributed by atoms with Crippen LogP contribution in [0.15, 0.2) is 30.3 Å². The predicted octanol–water partition coefficient (Wildman–Crippen LogP) is 2.01. The molecule has 0 heterocycles. The highest BCUT2D eigenvalue weighted by atomic mass is 14.9. The van der Waals surface area contributed by atoms with Gasteiger partial charge in [-0.1, -0.05) is 37.3 Å². The highest BCUT2D eigenvalue weighted by Crippen LogP contribution is 2.30. The van der Waals surface area contributed by atoms with Crippen LogP contribution in [0.2, 0.25) is 0 Å². The van der Waals surface area contributed by atoms with E-state index >= 15 is 0 Å². The molecular formula is C15H25BN2. The van der Waals surface area contributed by atoms with E-state index in [4.69, 9.17) is 0 Å². The van der Waals surface area contributed by atoms with Crippen LogP contribution in [0.25, 0.3) is 0 Å². The van der Waals surface area contributed by atoms with Gasteiger partial charge in [0.1, 0.15) is 0 Å². The number of nitrogens with one attached hydrogen (secondary N) is 2. The molecule has 2 nitrogen and oxygen atoms in total. The van der Waals surface area contributed by atoms with E-state index in [1.54, 1.807) is 0 Å². The third kappa shape index (κ3) is 3.36. The summed E-state index contributed by atoms with van der Waals surface area (Å²) in [5.74, 6) is 0. The van der Waals surface area contributed by atoms with Gasteiger partial charge in [-0.3, -0.25) is 0 Å². The zero-order valence-electron chi connectivity index (χ0n) is 11.7.